The molecule has 0 N–H and O–H groups in total. The second kappa shape index (κ2) is 8.68. The van der Waals surface area contributed by atoms with E-state index in [1.54, 1.807) is 0 Å². The first-order valence-electron chi connectivity index (χ1n) is 8.31. The molecule has 1 fully saturated rings. The van der Waals surface area contributed by atoms with E-state index in [1.165, 1.54) is 5.56 Å². The third-order valence-electron chi connectivity index (χ3n) is 4.36. The van der Waals surface area contributed by atoms with Crippen molar-refractivity contribution in [1.82, 2.24) is 9.80 Å². The van der Waals surface area contributed by atoms with Crippen LogP contribution < -0.4 is 0 Å². The highest BCUT2D eigenvalue weighted by molar-refractivity contribution is 6.42. The number of halogens is 2. The summed E-state index contributed by atoms with van der Waals surface area (Å²) in [7, 11) is 0. The molecule has 0 saturated carbocycles. The van der Waals surface area contributed by atoms with Crippen LogP contribution in [0.5, 0.6) is 0 Å². The van der Waals surface area contributed by atoms with E-state index in [9.17, 15) is 0 Å². The molecule has 24 heavy (non-hydrogen) atoms. The van der Waals surface area contributed by atoms with Crippen molar-refractivity contribution in [1.29, 1.82) is 0 Å². The maximum absolute atomic E-state index is 6.29. The van der Waals surface area contributed by atoms with Crippen molar-refractivity contribution in [3.63, 3.8) is 0 Å². The van der Waals surface area contributed by atoms with Gasteiger partial charge in [-0.15, -0.1) is 0 Å². The molecule has 126 valence electrons. The lowest BCUT2D eigenvalue weighted by molar-refractivity contribution is 0.137. The number of benzene rings is 2. The zero-order valence-electron chi connectivity index (χ0n) is 13.7. The molecule has 2 nitrogen and oxygen atoms in total. The first kappa shape index (κ1) is 17.5. The first-order valence-corrected chi connectivity index (χ1v) is 9.07. The minimum absolute atomic E-state index is 0.638. The quantitative estimate of drug-likeness (QED) is 0.753. The smallest absolute Gasteiger partial charge is 0.0637 e. The van der Waals surface area contributed by atoms with Gasteiger partial charge in [0.05, 0.1) is 10.0 Å². The summed E-state index contributed by atoms with van der Waals surface area (Å²) >= 11 is 12.4. The van der Waals surface area contributed by atoms with Gasteiger partial charge in [-0.05, 0) is 17.2 Å². The summed E-state index contributed by atoms with van der Waals surface area (Å²) in [6.07, 6.45) is 4.44. The largest absolute Gasteiger partial charge is 0.297 e. The molecule has 4 heteroatoms. The second-order valence-corrected chi connectivity index (χ2v) is 6.89. The van der Waals surface area contributed by atoms with Crippen LogP contribution in [0.3, 0.4) is 0 Å². The number of hydrogen-bond acceptors (Lipinski definition) is 2. The highest BCUT2D eigenvalue weighted by Crippen LogP contribution is 2.26. The Kier molecular flexibility index (Phi) is 6.33. The molecule has 0 unspecified atom stereocenters. The van der Waals surface area contributed by atoms with Crippen LogP contribution in [0, 0.1) is 0 Å². The molecule has 3 rings (SSSR count). The van der Waals surface area contributed by atoms with Crippen molar-refractivity contribution in [2.24, 2.45) is 0 Å². The van der Waals surface area contributed by atoms with Gasteiger partial charge >= 0.3 is 0 Å². The molecule has 1 aliphatic rings. The van der Waals surface area contributed by atoms with Gasteiger partial charge in [0.25, 0.3) is 0 Å². The van der Waals surface area contributed by atoms with Crippen LogP contribution in [-0.4, -0.2) is 42.5 Å². The first-order chi connectivity index (χ1) is 11.7. The van der Waals surface area contributed by atoms with Crippen LogP contribution in [0.4, 0.5) is 0 Å². The monoisotopic (exact) mass is 360 g/mol. The lowest BCUT2D eigenvalue weighted by atomic mass is 10.2. The summed E-state index contributed by atoms with van der Waals surface area (Å²) in [5, 5.41) is 1.33. The van der Waals surface area contributed by atoms with E-state index in [1.807, 2.05) is 18.2 Å². The average molecular weight is 361 g/mol. The van der Waals surface area contributed by atoms with Crippen molar-refractivity contribution < 1.29 is 0 Å². The maximum Gasteiger partial charge on any atom is 0.0637 e. The average Bonchev–Trinajstić information content (AvgIpc) is 2.61. The molecular weight excluding hydrogens is 339 g/mol. The van der Waals surface area contributed by atoms with E-state index in [4.69, 9.17) is 23.2 Å². The molecule has 2 aromatic rings. The predicted octanol–water partition coefficient (Wildman–Crippen LogP) is 4.82. The predicted molar refractivity (Wildman–Crippen MR) is 104 cm³/mol. The van der Waals surface area contributed by atoms with Crippen molar-refractivity contribution in [3.8, 4) is 0 Å². The molecule has 0 amide bonds. The minimum atomic E-state index is 0.638. The molecule has 1 heterocycles. The van der Waals surface area contributed by atoms with Crippen LogP contribution >= 0.6 is 23.2 Å². The van der Waals surface area contributed by atoms with Gasteiger partial charge in [0.1, 0.15) is 0 Å². The maximum atomic E-state index is 6.29. The summed E-state index contributed by atoms with van der Waals surface area (Å²) in [5.41, 5.74) is 2.37. The molecule has 0 aliphatic carbocycles. The summed E-state index contributed by atoms with van der Waals surface area (Å²) in [6.45, 7) is 6.15. The summed E-state index contributed by atoms with van der Waals surface area (Å²) in [4.78, 5) is 4.92. The van der Waals surface area contributed by atoms with Crippen LogP contribution in [0.25, 0.3) is 6.08 Å². The molecule has 0 bridgehead atoms. The number of rotatable bonds is 5. The Morgan fingerprint density at radius 3 is 2.29 bits per heavy atom. The number of hydrogen-bond donors (Lipinski definition) is 0. The Labute approximate surface area is 154 Å². The molecule has 0 aromatic heterocycles. The standard InChI is InChI=1S/C20H22Cl2N2/c21-19-10-4-9-18(20(19)22)16-24-14-12-23(13-15-24)11-5-8-17-6-2-1-3-7-17/h1-10H,11-16H2. The summed E-state index contributed by atoms with van der Waals surface area (Å²) < 4.78 is 0. The van der Waals surface area contributed by atoms with Crippen LogP contribution in [-0.2, 0) is 6.54 Å². The molecule has 0 radical (unpaired) electrons. The van der Waals surface area contributed by atoms with Gasteiger partial charge in [-0.1, -0.05) is 77.8 Å². The highest BCUT2D eigenvalue weighted by Gasteiger charge is 2.17. The van der Waals surface area contributed by atoms with E-state index < -0.39 is 0 Å². The van der Waals surface area contributed by atoms with Crippen LogP contribution in [0.1, 0.15) is 11.1 Å². The molecule has 0 spiro atoms. The van der Waals surface area contributed by atoms with Crippen molar-refractivity contribution in [3.05, 3.63) is 75.8 Å². The van der Waals surface area contributed by atoms with Crippen LogP contribution in [0.15, 0.2) is 54.6 Å². The van der Waals surface area contributed by atoms with Crippen LogP contribution in [0.2, 0.25) is 10.0 Å². The Morgan fingerprint density at radius 2 is 1.54 bits per heavy atom. The second-order valence-electron chi connectivity index (χ2n) is 6.10. The van der Waals surface area contributed by atoms with Crippen molar-refractivity contribution >= 4 is 29.3 Å². The van der Waals surface area contributed by atoms with Gasteiger partial charge in [0.2, 0.25) is 0 Å². The fourth-order valence-electron chi connectivity index (χ4n) is 2.94. The van der Waals surface area contributed by atoms with Gasteiger partial charge in [0, 0.05) is 39.3 Å². The Balaban J connectivity index is 1.46. The van der Waals surface area contributed by atoms with Crippen molar-refractivity contribution in [2.45, 2.75) is 6.54 Å². The van der Waals surface area contributed by atoms with Gasteiger partial charge in [-0.3, -0.25) is 9.80 Å². The Hall–Kier alpha value is -1.32. The van der Waals surface area contributed by atoms with E-state index in [2.05, 4.69) is 52.3 Å². The molecule has 1 saturated heterocycles. The zero-order chi connectivity index (χ0) is 16.8. The Morgan fingerprint density at radius 1 is 0.833 bits per heavy atom. The van der Waals surface area contributed by atoms with Crippen molar-refractivity contribution in [2.75, 3.05) is 32.7 Å². The lowest BCUT2D eigenvalue weighted by Gasteiger charge is -2.34. The van der Waals surface area contributed by atoms with Gasteiger partial charge < -0.3 is 0 Å². The molecule has 0 atom stereocenters. The number of piperazine rings is 1. The van der Waals surface area contributed by atoms with E-state index in [-0.39, 0.29) is 0 Å². The zero-order valence-corrected chi connectivity index (χ0v) is 15.2. The Bertz CT molecular complexity index is 677. The fourth-order valence-corrected chi connectivity index (χ4v) is 3.32. The summed E-state index contributed by atoms with van der Waals surface area (Å²) in [5.74, 6) is 0. The van der Waals surface area contributed by atoms with Gasteiger partial charge in [-0.25, -0.2) is 0 Å². The van der Waals surface area contributed by atoms with Gasteiger partial charge in [-0.2, -0.15) is 0 Å². The van der Waals surface area contributed by atoms with E-state index in [0.29, 0.717) is 10.0 Å². The minimum Gasteiger partial charge on any atom is -0.297 e. The molecule has 1 aliphatic heterocycles. The molecule has 2 aromatic carbocycles. The van der Waals surface area contributed by atoms with Gasteiger partial charge in [0.15, 0.2) is 0 Å². The third kappa shape index (κ3) is 4.84. The normalized spacial score (nSPS) is 16.8. The SMILES string of the molecule is Clc1cccc(CN2CCN(CC=Cc3ccccc3)CC2)c1Cl. The van der Waals surface area contributed by atoms with E-state index >= 15 is 0 Å². The molecular formula is C20H22Cl2N2. The van der Waals surface area contributed by atoms with E-state index in [0.717, 1.165) is 44.8 Å². The third-order valence-corrected chi connectivity index (χ3v) is 5.22. The fraction of sp³-hybridized carbons (Fsp3) is 0.300. The summed E-state index contributed by atoms with van der Waals surface area (Å²) in [6, 6.07) is 16.3. The topological polar surface area (TPSA) is 6.48 Å². The highest BCUT2D eigenvalue weighted by atomic mass is 35.5. The lowest BCUT2D eigenvalue weighted by Crippen LogP contribution is -2.45. The number of nitrogens with zero attached hydrogens (tertiary/aromatic N) is 2.